The number of hydrogen-bond donors (Lipinski definition) is 0. The molecule has 0 N–H and O–H groups in total. The second kappa shape index (κ2) is 4.00. The van der Waals surface area contributed by atoms with Gasteiger partial charge in [-0.15, -0.1) is 0 Å². The minimum absolute atomic E-state index is 0.264. The van der Waals surface area contributed by atoms with E-state index in [2.05, 4.69) is 65.0 Å². The first kappa shape index (κ1) is 11.0. The highest BCUT2D eigenvalue weighted by atomic mass is 14.2. The van der Waals surface area contributed by atoms with Crippen LogP contribution < -0.4 is 0 Å². The first-order chi connectivity index (χ1) is 6.43. The molecule has 1 aromatic rings. The Morgan fingerprint density at radius 2 is 1.43 bits per heavy atom. The first-order valence-electron chi connectivity index (χ1n) is 5.16. The molecular weight excluding hydrogens is 168 g/mol. The van der Waals surface area contributed by atoms with Gasteiger partial charge in [-0.05, 0) is 30.4 Å². The summed E-state index contributed by atoms with van der Waals surface area (Å²) in [7, 11) is 0. The Balaban J connectivity index is 3.12. The van der Waals surface area contributed by atoms with Crippen molar-refractivity contribution in [1.82, 2.24) is 0 Å². The third-order valence-corrected chi connectivity index (χ3v) is 2.89. The summed E-state index contributed by atoms with van der Waals surface area (Å²) in [5, 5.41) is 0. The van der Waals surface area contributed by atoms with Gasteiger partial charge in [-0.25, -0.2) is 0 Å². The molecule has 0 aromatic heterocycles. The molecule has 14 heavy (non-hydrogen) atoms. The average Bonchev–Trinajstić information content (AvgIpc) is 2.15. The van der Waals surface area contributed by atoms with E-state index in [1.807, 2.05) is 0 Å². The van der Waals surface area contributed by atoms with Crippen LogP contribution in [-0.4, -0.2) is 0 Å². The van der Waals surface area contributed by atoms with E-state index >= 15 is 0 Å². The molecule has 0 aliphatic heterocycles. The maximum absolute atomic E-state index is 2.26. The average molecular weight is 188 g/mol. The monoisotopic (exact) mass is 188 g/mol. The largest absolute Gasteiger partial charge is 0.0644 e. The van der Waals surface area contributed by atoms with Crippen LogP contribution in [0.1, 0.15) is 40.2 Å². The van der Waals surface area contributed by atoms with Gasteiger partial charge >= 0.3 is 0 Å². The summed E-state index contributed by atoms with van der Waals surface area (Å²) in [5.74, 6) is 0. The Labute approximate surface area is 87.7 Å². The maximum atomic E-state index is 2.26. The Morgan fingerprint density at radius 3 is 1.86 bits per heavy atom. The molecule has 1 aromatic carbocycles. The molecule has 0 unspecified atom stereocenters. The van der Waals surface area contributed by atoms with Crippen LogP contribution in [0.2, 0.25) is 0 Å². The smallest absolute Gasteiger partial charge is 0.0170 e. The molecule has 0 amide bonds. The summed E-state index contributed by atoms with van der Waals surface area (Å²) in [6, 6.07) is 10.6. The van der Waals surface area contributed by atoms with E-state index in [9.17, 15) is 0 Å². The lowest BCUT2D eigenvalue weighted by Gasteiger charge is -2.22. The molecule has 0 atom stereocenters. The quantitative estimate of drug-likeness (QED) is 0.607. The highest BCUT2D eigenvalue weighted by Crippen LogP contribution is 2.31. The van der Waals surface area contributed by atoms with E-state index in [1.165, 1.54) is 16.7 Å². The van der Waals surface area contributed by atoms with E-state index in [0.717, 1.165) is 0 Å². The van der Waals surface area contributed by atoms with Crippen LogP contribution in [0.25, 0.3) is 5.57 Å². The Hall–Kier alpha value is -1.04. The summed E-state index contributed by atoms with van der Waals surface area (Å²) in [4.78, 5) is 0. The maximum Gasteiger partial charge on any atom is -0.0170 e. The number of allylic oxidation sites excluding steroid dienone is 2. The van der Waals surface area contributed by atoms with Gasteiger partial charge in [0, 0.05) is 0 Å². The molecular formula is C14H20. The van der Waals surface area contributed by atoms with Crippen LogP contribution in [0.3, 0.4) is 0 Å². The Kier molecular flexibility index (Phi) is 3.15. The van der Waals surface area contributed by atoms with Gasteiger partial charge in [0.2, 0.25) is 0 Å². The molecule has 0 fully saturated rings. The van der Waals surface area contributed by atoms with E-state index in [4.69, 9.17) is 0 Å². The fourth-order valence-electron chi connectivity index (χ4n) is 1.47. The van der Waals surface area contributed by atoms with Crippen LogP contribution >= 0.6 is 0 Å². The van der Waals surface area contributed by atoms with E-state index < -0.39 is 0 Å². The van der Waals surface area contributed by atoms with Gasteiger partial charge in [0.1, 0.15) is 0 Å². The molecule has 1 rings (SSSR count). The SMILES string of the molecule is CC(=C(C)C(C)(C)C)c1ccccc1. The second-order valence-corrected chi connectivity index (χ2v) is 4.87. The van der Waals surface area contributed by atoms with Gasteiger partial charge in [-0.1, -0.05) is 56.7 Å². The molecule has 0 heterocycles. The Morgan fingerprint density at radius 1 is 0.929 bits per heavy atom. The van der Waals surface area contributed by atoms with Crippen LogP contribution in [0.5, 0.6) is 0 Å². The molecule has 0 nitrogen and oxygen atoms in total. The second-order valence-electron chi connectivity index (χ2n) is 4.87. The highest BCUT2D eigenvalue weighted by Gasteiger charge is 2.15. The molecule has 0 saturated carbocycles. The molecule has 0 spiro atoms. The van der Waals surface area contributed by atoms with Crippen LogP contribution in [0.4, 0.5) is 0 Å². The lowest BCUT2D eigenvalue weighted by atomic mass is 9.83. The van der Waals surface area contributed by atoms with Crippen molar-refractivity contribution < 1.29 is 0 Å². The zero-order valence-corrected chi connectivity index (χ0v) is 9.89. The predicted molar refractivity (Wildman–Crippen MR) is 64.2 cm³/mol. The zero-order chi connectivity index (χ0) is 10.8. The van der Waals surface area contributed by atoms with Gasteiger partial charge in [-0.3, -0.25) is 0 Å². The summed E-state index contributed by atoms with van der Waals surface area (Å²) in [5.41, 5.74) is 4.46. The van der Waals surface area contributed by atoms with Crippen molar-refractivity contribution in [2.24, 2.45) is 5.41 Å². The van der Waals surface area contributed by atoms with Crippen molar-refractivity contribution in [1.29, 1.82) is 0 Å². The zero-order valence-electron chi connectivity index (χ0n) is 9.89. The lowest BCUT2D eigenvalue weighted by molar-refractivity contribution is 0.505. The summed E-state index contributed by atoms with van der Waals surface area (Å²) >= 11 is 0. The minimum atomic E-state index is 0.264. The predicted octanol–water partition coefficient (Wildman–Crippen LogP) is 4.53. The van der Waals surface area contributed by atoms with Gasteiger partial charge in [0.15, 0.2) is 0 Å². The summed E-state index contributed by atoms with van der Waals surface area (Å²) in [6.07, 6.45) is 0. The standard InChI is InChI=1S/C14H20/c1-11(12(2)14(3,4)5)13-9-7-6-8-10-13/h6-10H,1-5H3. The van der Waals surface area contributed by atoms with Crippen molar-refractivity contribution in [3.63, 3.8) is 0 Å². The number of rotatable bonds is 1. The third-order valence-electron chi connectivity index (χ3n) is 2.89. The van der Waals surface area contributed by atoms with Gasteiger partial charge in [0.05, 0.1) is 0 Å². The van der Waals surface area contributed by atoms with Gasteiger partial charge in [-0.2, -0.15) is 0 Å². The Bertz CT molecular complexity index is 323. The molecule has 0 saturated heterocycles. The van der Waals surface area contributed by atoms with Crippen molar-refractivity contribution in [2.75, 3.05) is 0 Å². The van der Waals surface area contributed by atoms with Crippen LogP contribution in [0.15, 0.2) is 35.9 Å². The normalized spacial score (nSPS) is 13.8. The van der Waals surface area contributed by atoms with Crippen LogP contribution in [-0.2, 0) is 0 Å². The molecule has 0 aliphatic carbocycles. The van der Waals surface area contributed by atoms with Gasteiger partial charge in [0.25, 0.3) is 0 Å². The lowest BCUT2D eigenvalue weighted by Crippen LogP contribution is -2.08. The summed E-state index contributed by atoms with van der Waals surface area (Å²) in [6.45, 7) is 11.2. The molecule has 0 bridgehead atoms. The third kappa shape index (κ3) is 2.47. The molecule has 0 aliphatic rings. The van der Waals surface area contributed by atoms with E-state index in [0.29, 0.717) is 0 Å². The van der Waals surface area contributed by atoms with Crippen LogP contribution in [0, 0.1) is 5.41 Å². The number of hydrogen-bond acceptors (Lipinski definition) is 0. The van der Waals surface area contributed by atoms with Crippen molar-refractivity contribution in [3.8, 4) is 0 Å². The van der Waals surface area contributed by atoms with Crippen molar-refractivity contribution >= 4 is 5.57 Å². The van der Waals surface area contributed by atoms with E-state index in [-0.39, 0.29) is 5.41 Å². The molecule has 76 valence electrons. The minimum Gasteiger partial charge on any atom is -0.0644 e. The van der Waals surface area contributed by atoms with Crippen molar-refractivity contribution in [3.05, 3.63) is 41.5 Å². The van der Waals surface area contributed by atoms with Gasteiger partial charge < -0.3 is 0 Å². The highest BCUT2D eigenvalue weighted by molar-refractivity contribution is 5.67. The molecule has 0 radical (unpaired) electrons. The fraction of sp³-hybridized carbons (Fsp3) is 0.429. The van der Waals surface area contributed by atoms with Crippen molar-refractivity contribution in [2.45, 2.75) is 34.6 Å². The fourth-order valence-corrected chi connectivity index (χ4v) is 1.47. The first-order valence-corrected chi connectivity index (χ1v) is 5.16. The summed E-state index contributed by atoms with van der Waals surface area (Å²) < 4.78 is 0. The number of benzene rings is 1. The topological polar surface area (TPSA) is 0 Å². The molecule has 0 heteroatoms. The van der Waals surface area contributed by atoms with E-state index in [1.54, 1.807) is 0 Å².